The van der Waals surface area contributed by atoms with Crippen LogP contribution in [0.4, 0.5) is 0 Å². The molecule has 2 aliphatic rings. The second-order valence-electron chi connectivity index (χ2n) is 5.68. The number of carbonyl (C=O) groups excluding carboxylic acids is 1. The molecule has 17 heavy (non-hydrogen) atoms. The Balaban J connectivity index is 2.15. The van der Waals surface area contributed by atoms with Crippen LogP contribution in [0.5, 0.6) is 0 Å². The number of nitrogens with two attached hydrogens (primary N) is 1. The number of nitrogens with one attached hydrogen (secondary N) is 1. The quantitative estimate of drug-likeness (QED) is 0.393. The van der Waals surface area contributed by atoms with Crippen LogP contribution in [-0.4, -0.2) is 56.0 Å². The maximum absolute atomic E-state index is 12.2. The van der Waals surface area contributed by atoms with Crippen LogP contribution >= 0.6 is 0 Å². The third-order valence-electron chi connectivity index (χ3n) is 4.64. The molecule has 2 aliphatic heterocycles. The lowest BCUT2D eigenvalue weighted by Gasteiger charge is -2.43. The van der Waals surface area contributed by atoms with Crippen molar-refractivity contribution in [3.8, 4) is 0 Å². The molecule has 5 heteroatoms. The molecule has 0 aromatic carbocycles. The number of hydrazine groups is 1. The van der Waals surface area contributed by atoms with E-state index in [2.05, 4.69) is 29.3 Å². The second kappa shape index (κ2) is 4.92. The van der Waals surface area contributed by atoms with Crippen LogP contribution in [0.25, 0.3) is 0 Å². The second-order valence-corrected chi connectivity index (χ2v) is 5.68. The van der Waals surface area contributed by atoms with Crippen molar-refractivity contribution >= 4 is 5.91 Å². The molecule has 0 aromatic heterocycles. The zero-order valence-electron chi connectivity index (χ0n) is 10.9. The summed E-state index contributed by atoms with van der Waals surface area (Å²) in [6.45, 7) is 4.11. The Morgan fingerprint density at radius 1 is 1.24 bits per heavy atom. The highest BCUT2D eigenvalue weighted by Crippen LogP contribution is 2.43. The molecule has 1 amide bonds. The van der Waals surface area contributed by atoms with Crippen LogP contribution in [0.1, 0.15) is 19.3 Å². The van der Waals surface area contributed by atoms with Gasteiger partial charge < -0.3 is 9.80 Å². The number of piperidine rings is 1. The van der Waals surface area contributed by atoms with Crippen LogP contribution in [0.2, 0.25) is 0 Å². The highest BCUT2D eigenvalue weighted by molar-refractivity contribution is 5.82. The lowest BCUT2D eigenvalue weighted by Crippen LogP contribution is -2.54. The molecule has 5 nitrogen and oxygen atoms in total. The summed E-state index contributed by atoms with van der Waals surface area (Å²) in [4.78, 5) is 16.8. The Kier molecular flexibility index (Phi) is 3.70. The van der Waals surface area contributed by atoms with Crippen LogP contribution in [0, 0.1) is 11.3 Å². The van der Waals surface area contributed by atoms with E-state index in [9.17, 15) is 4.79 Å². The van der Waals surface area contributed by atoms with E-state index in [1.165, 1.54) is 0 Å². The summed E-state index contributed by atoms with van der Waals surface area (Å²) in [5.74, 6) is 5.91. The average Bonchev–Trinajstić information content (AvgIpc) is 2.77. The predicted molar refractivity (Wildman–Crippen MR) is 67.1 cm³/mol. The van der Waals surface area contributed by atoms with Gasteiger partial charge in [-0.1, -0.05) is 0 Å². The number of hydrogen-bond acceptors (Lipinski definition) is 4. The standard InChI is InChI=1S/C12H24N4O/c1-15-7-4-12(5-8-15,11(17)14-13)10-3-6-16(2)9-10/h10H,3-9,13H2,1-2H3,(H,14,17). The first-order valence-corrected chi connectivity index (χ1v) is 6.46. The van der Waals surface area contributed by atoms with Crippen molar-refractivity contribution in [2.75, 3.05) is 40.3 Å². The van der Waals surface area contributed by atoms with Gasteiger partial charge in [0.05, 0.1) is 5.41 Å². The van der Waals surface area contributed by atoms with Gasteiger partial charge in [-0.25, -0.2) is 5.84 Å². The van der Waals surface area contributed by atoms with Gasteiger partial charge in [0.2, 0.25) is 5.91 Å². The molecule has 98 valence electrons. The molecule has 1 atom stereocenters. The smallest absolute Gasteiger partial charge is 0.240 e. The average molecular weight is 240 g/mol. The normalized spacial score (nSPS) is 30.4. The molecule has 1 unspecified atom stereocenters. The van der Waals surface area contributed by atoms with E-state index in [0.29, 0.717) is 5.92 Å². The minimum atomic E-state index is -0.230. The van der Waals surface area contributed by atoms with Crippen LogP contribution < -0.4 is 11.3 Å². The number of nitrogens with zero attached hydrogens (tertiary/aromatic N) is 2. The summed E-state index contributed by atoms with van der Waals surface area (Å²) in [6, 6.07) is 0. The molecule has 0 aromatic rings. The van der Waals surface area contributed by atoms with E-state index >= 15 is 0 Å². The molecule has 0 aliphatic carbocycles. The fraction of sp³-hybridized carbons (Fsp3) is 0.917. The molecular weight excluding hydrogens is 216 g/mol. The van der Waals surface area contributed by atoms with Crippen molar-refractivity contribution in [3.05, 3.63) is 0 Å². The minimum absolute atomic E-state index is 0.0471. The molecule has 0 radical (unpaired) electrons. The Labute approximate surface area is 103 Å². The van der Waals surface area contributed by atoms with E-state index in [1.807, 2.05) is 0 Å². The van der Waals surface area contributed by atoms with E-state index in [0.717, 1.165) is 45.4 Å². The molecule has 2 rings (SSSR count). The van der Waals surface area contributed by atoms with E-state index < -0.39 is 0 Å². The summed E-state index contributed by atoms with van der Waals surface area (Å²) < 4.78 is 0. The van der Waals surface area contributed by atoms with E-state index in [1.54, 1.807) is 0 Å². The van der Waals surface area contributed by atoms with Crippen molar-refractivity contribution in [3.63, 3.8) is 0 Å². The van der Waals surface area contributed by atoms with Gasteiger partial charge in [-0.2, -0.15) is 0 Å². The zero-order chi connectivity index (χ0) is 12.5. The number of carbonyl (C=O) groups is 1. The molecule has 0 spiro atoms. The topological polar surface area (TPSA) is 61.6 Å². The Bertz CT molecular complexity index is 286. The molecule has 2 saturated heterocycles. The van der Waals surface area contributed by atoms with Crippen molar-refractivity contribution in [1.82, 2.24) is 15.2 Å². The van der Waals surface area contributed by atoms with Crippen molar-refractivity contribution in [2.45, 2.75) is 19.3 Å². The Hall–Kier alpha value is -0.650. The van der Waals surface area contributed by atoms with E-state index in [-0.39, 0.29) is 11.3 Å². The third-order valence-corrected chi connectivity index (χ3v) is 4.64. The highest BCUT2D eigenvalue weighted by atomic mass is 16.2. The van der Waals surface area contributed by atoms with Gasteiger partial charge in [-0.15, -0.1) is 0 Å². The zero-order valence-corrected chi connectivity index (χ0v) is 10.9. The van der Waals surface area contributed by atoms with Crippen molar-refractivity contribution in [2.24, 2.45) is 17.2 Å². The van der Waals surface area contributed by atoms with Crippen LogP contribution in [-0.2, 0) is 4.79 Å². The molecule has 0 saturated carbocycles. The fourth-order valence-electron chi connectivity index (χ4n) is 3.37. The predicted octanol–water partition coefficient (Wildman–Crippen LogP) is -0.360. The number of amides is 1. The lowest BCUT2D eigenvalue weighted by atomic mass is 9.67. The number of hydrogen-bond donors (Lipinski definition) is 2. The van der Waals surface area contributed by atoms with Gasteiger partial charge in [0.1, 0.15) is 0 Å². The third kappa shape index (κ3) is 2.32. The summed E-state index contributed by atoms with van der Waals surface area (Å²) in [7, 11) is 4.24. The SMILES string of the molecule is CN1CCC(C(=O)NN)(C2CCN(C)C2)CC1. The van der Waals surface area contributed by atoms with Crippen LogP contribution in [0.3, 0.4) is 0 Å². The Morgan fingerprint density at radius 3 is 2.35 bits per heavy atom. The van der Waals surface area contributed by atoms with Crippen molar-refractivity contribution < 1.29 is 4.79 Å². The van der Waals surface area contributed by atoms with Gasteiger partial charge in [-0.3, -0.25) is 10.2 Å². The fourth-order valence-corrected chi connectivity index (χ4v) is 3.37. The van der Waals surface area contributed by atoms with E-state index in [4.69, 9.17) is 5.84 Å². The van der Waals surface area contributed by atoms with Crippen molar-refractivity contribution in [1.29, 1.82) is 0 Å². The van der Waals surface area contributed by atoms with Gasteiger partial charge in [0, 0.05) is 6.54 Å². The maximum Gasteiger partial charge on any atom is 0.240 e. The molecule has 3 N–H and O–H groups in total. The van der Waals surface area contributed by atoms with Gasteiger partial charge in [-0.05, 0) is 58.9 Å². The largest absolute Gasteiger partial charge is 0.306 e. The first kappa shape index (κ1) is 12.8. The summed E-state index contributed by atoms with van der Waals surface area (Å²) in [5.41, 5.74) is 2.18. The molecule has 2 heterocycles. The monoisotopic (exact) mass is 240 g/mol. The summed E-state index contributed by atoms with van der Waals surface area (Å²) in [6.07, 6.45) is 2.99. The molecular formula is C12H24N4O. The molecule has 2 fully saturated rings. The van der Waals surface area contributed by atoms with Gasteiger partial charge in [0.15, 0.2) is 0 Å². The number of likely N-dealkylation sites (tertiary alicyclic amines) is 2. The van der Waals surface area contributed by atoms with Gasteiger partial charge in [0.25, 0.3) is 0 Å². The number of rotatable bonds is 2. The minimum Gasteiger partial charge on any atom is -0.306 e. The molecule has 0 bridgehead atoms. The first-order valence-electron chi connectivity index (χ1n) is 6.46. The maximum atomic E-state index is 12.2. The summed E-state index contributed by atoms with van der Waals surface area (Å²) in [5, 5.41) is 0. The Morgan fingerprint density at radius 2 is 1.88 bits per heavy atom. The first-order chi connectivity index (χ1) is 8.08. The summed E-state index contributed by atoms with van der Waals surface area (Å²) >= 11 is 0. The van der Waals surface area contributed by atoms with Gasteiger partial charge >= 0.3 is 0 Å². The lowest BCUT2D eigenvalue weighted by molar-refractivity contribution is -0.137. The highest BCUT2D eigenvalue weighted by Gasteiger charge is 2.48. The van der Waals surface area contributed by atoms with Crippen LogP contribution in [0.15, 0.2) is 0 Å².